The van der Waals surface area contributed by atoms with Crippen LogP contribution in [0.3, 0.4) is 0 Å². The van der Waals surface area contributed by atoms with Crippen molar-refractivity contribution >= 4 is 11.8 Å². The highest BCUT2D eigenvalue weighted by Crippen LogP contribution is 2.28. The van der Waals surface area contributed by atoms with Gasteiger partial charge in [-0.1, -0.05) is 6.07 Å². The van der Waals surface area contributed by atoms with Gasteiger partial charge in [-0.15, -0.1) is 11.8 Å². The number of hydrogen-bond donors (Lipinski definition) is 2. The predicted molar refractivity (Wildman–Crippen MR) is 64.6 cm³/mol. The van der Waals surface area contributed by atoms with Crippen molar-refractivity contribution in [2.75, 3.05) is 12.8 Å². The number of phenolic OH excluding ortho intramolecular Hbond substituents is 1. The fourth-order valence-electron chi connectivity index (χ4n) is 2.08. The van der Waals surface area contributed by atoms with Gasteiger partial charge in [0.25, 0.3) is 0 Å². The molecule has 0 radical (unpaired) electrons. The van der Waals surface area contributed by atoms with Crippen molar-refractivity contribution in [3.8, 4) is 5.75 Å². The van der Waals surface area contributed by atoms with Gasteiger partial charge in [-0.25, -0.2) is 0 Å². The summed E-state index contributed by atoms with van der Waals surface area (Å²) in [6.45, 7) is 1.14. The molecule has 1 aromatic carbocycles. The van der Waals surface area contributed by atoms with Gasteiger partial charge in [0.05, 0.1) is 0 Å². The number of hydrogen-bond acceptors (Lipinski definition) is 3. The molecule has 3 heteroatoms. The summed E-state index contributed by atoms with van der Waals surface area (Å²) in [6.07, 6.45) is 5.54. The van der Waals surface area contributed by atoms with Gasteiger partial charge < -0.3 is 10.4 Å². The molecule has 82 valence electrons. The number of rotatable bonds is 3. The molecule has 0 spiro atoms. The van der Waals surface area contributed by atoms with E-state index in [0.29, 0.717) is 11.8 Å². The van der Waals surface area contributed by atoms with E-state index in [4.69, 9.17) is 0 Å². The first kappa shape index (κ1) is 10.8. The Morgan fingerprint density at radius 1 is 1.53 bits per heavy atom. The predicted octanol–water partition coefficient (Wildman–Crippen LogP) is 2.41. The van der Waals surface area contributed by atoms with Crippen LogP contribution in [0.4, 0.5) is 0 Å². The Labute approximate surface area is 95.1 Å². The molecule has 15 heavy (non-hydrogen) atoms. The standard InChI is InChI=1S/C12H17NOS/c1-15-12-5-4-9(8-11(12)14)7-10-3-2-6-13-10/h4-5,8,10,13-14H,2-3,6-7H2,1H3. The van der Waals surface area contributed by atoms with Crippen LogP contribution >= 0.6 is 11.8 Å². The third-order valence-corrected chi connectivity index (χ3v) is 3.67. The van der Waals surface area contributed by atoms with Crippen molar-refractivity contribution in [3.63, 3.8) is 0 Å². The highest BCUT2D eigenvalue weighted by Gasteiger charge is 2.14. The average molecular weight is 223 g/mol. The fourth-order valence-corrected chi connectivity index (χ4v) is 2.55. The topological polar surface area (TPSA) is 32.3 Å². The minimum atomic E-state index is 0.415. The van der Waals surface area contributed by atoms with Crippen LogP contribution in [0.2, 0.25) is 0 Å². The second-order valence-electron chi connectivity index (χ2n) is 4.00. The van der Waals surface area contributed by atoms with Crippen LogP contribution in [-0.4, -0.2) is 23.9 Å². The second kappa shape index (κ2) is 4.90. The molecule has 0 saturated carbocycles. The molecule has 2 rings (SSSR count). The van der Waals surface area contributed by atoms with Crippen molar-refractivity contribution in [1.82, 2.24) is 5.32 Å². The van der Waals surface area contributed by atoms with Gasteiger partial charge >= 0.3 is 0 Å². The maximum atomic E-state index is 9.72. The van der Waals surface area contributed by atoms with Gasteiger partial charge in [0.1, 0.15) is 5.75 Å². The normalized spacial score (nSPS) is 20.7. The lowest BCUT2D eigenvalue weighted by Gasteiger charge is -2.11. The Morgan fingerprint density at radius 3 is 3.00 bits per heavy atom. The van der Waals surface area contributed by atoms with Crippen LogP contribution in [0.15, 0.2) is 23.1 Å². The third-order valence-electron chi connectivity index (χ3n) is 2.89. The Kier molecular flexibility index (Phi) is 3.54. The van der Waals surface area contributed by atoms with Crippen LogP contribution < -0.4 is 5.32 Å². The molecular weight excluding hydrogens is 206 g/mol. The summed E-state index contributed by atoms with van der Waals surface area (Å²) in [6, 6.07) is 6.62. The lowest BCUT2D eigenvalue weighted by Crippen LogP contribution is -2.23. The number of aromatic hydroxyl groups is 1. The maximum absolute atomic E-state index is 9.72. The molecule has 0 bridgehead atoms. The monoisotopic (exact) mass is 223 g/mol. The first-order chi connectivity index (χ1) is 7.29. The van der Waals surface area contributed by atoms with E-state index in [1.54, 1.807) is 11.8 Å². The van der Waals surface area contributed by atoms with Gasteiger partial charge in [-0.2, -0.15) is 0 Å². The largest absolute Gasteiger partial charge is 0.507 e. The van der Waals surface area contributed by atoms with Crippen LogP contribution in [0, 0.1) is 0 Å². The minimum Gasteiger partial charge on any atom is -0.507 e. The highest BCUT2D eigenvalue weighted by atomic mass is 32.2. The highest BCUT2D eigenvalue weighted by molar-refractivity contribution is 7.98. The van der Waals surface area contributed by atoms with E-state index in [9.17, 15) is 5.11 Å². The zero-order valence-electron chi connectivity index (χ0n) is 8.99. The average Bonchev–Trinajstić information content (AvgIpc) is 2.71. The van der Waals surface area contributed by atoms with Crippen molar-refractivity contribution < 1.29 is 5.11 Å². The molecule has 1 fully saturated rings. The zero-order valence-corrected chi connectivity index (χ0v) is 9.81. The molecule has 1 aliphatic rings. The first-order valence-electron chi connectivity index (χ1n) is 5.39. The Hall–Kier alpha value is -0.670. The molecule has 1 atom stereocenters. The molecule has 0 amide bonds. The van der Waals surface area contributed by atoms with E-state index in [1.807, 2.05) is 18.4 Å². The number of phenols is 1. The fraction of sp³-hybridized carbons (Fsp3) is 0.500. The van der Waals surface area contributed by atoms with E-state index < -0.39 is 0 Å². The van der Waals surface area contributed by atoms with E-state index in [0.717, 1.165) is 17.9 Å². The van der Waals surface area contributed by atoms with Crippen LogP contribution in [-0.2, 0) is 6.42 Å². The molecule has 2 nitrogen and oxygen atoms in total. The van der Waals surface area contributed by atoms with Crippen molar-refractivity contribution in [1.29, 1.82) is 0 Å². The molecule has 1 aliphatic heterocycles. The molecule has 1 unspecified atom stereocenters. The summed E-state index contributed by atoms with van der Waals surface area (Å²) >= 11 is 1.58. The molecule has 0 aliphatic carbocycles. The zero-order chi connectivity index (χ0) is 10.7. The third kappa shape index (κ3) is 2.67. The van der Waals surface area contributed by atoms with E-state index in [-0.39, 0.29) is 0 Å². The van der Waals surface area contributed by atoms with Gasteiger partial charge in [0.15, 0.2) is 0 Å². The van der Waals surface area contributed by atoms with Gasteiger partial charge in [0, 0.05) is 10.9 Å². The summed E-state index contributed by atoms with van der Waals surface area (Å²) < 4.78 is 0. The summed E-state index contributed by atoms with van der Waals surface area (Å²) in [5.74, 6) is 0.415. The Morgan fingerprint density at radius 2 is 2.40 bits per heavy atom. The van der Waals surface area contributed by atoms with Crippen molar-refractivity contribution in [3.05, 3.63) is 23.8 Å². The molecule has 2 N–H and O–H groups in total. The molecule has 0 aromatic heterocycles. The SMILES string of the molecule is CSc1ccc(CC2CCCN2)cc1O. The first-order valence-corrected chi connectivity index (χ1v) is 6.61. The molecule has 1 saturated heterocycles. The lowest BCUT2D eigenvalue weighted by atomic mass is 10.0. The van der Waals surface area contributed by atoms with E-state index in [2.05, 4.69) is 11.4 Å². The lowest BCUT2D eigenvalue weighted by molar-refractivity contribution is 0.461. The second-order valence-corrected chi connectivity index (χ2v) is 4.85. The Bertz CT molecular complexity index is 334. The van der Waals surface area contributed by atoms with Crippen molar-refractivity contribution in [2.45, 2.75) is 30.2 Å². The summed E-state index contributed by atoms with van der Waals surface area (Å²) in [5, 5.41) is 13.2. The number of nitrogens with one attached hydrogen (secondary N) is 1. The minimum absolute atomic E-state index is 0.415. The van der Waals surface area contributed by atoms with E-state index in [1.165, 1.54) is 18.4 Å². The molecule has 1 heterocycles. The smallest absolute Gasteiger partial charge is 0.129 e. The number of thioether (sulfide) groups is 1. The van der Waals surface area contributed by atoms with Crippen LogP contribution in [0.1, 0.15) is 18.4 Å². The quantitative estimate of drug-likeness (QED) is 0.772. The van der Waals surface area contributed by atoms with Crippen LogP contribution in [0.5, 0.6) is 5.75 Å². The molecule has 1 aromatic rings. The maximum Gasteiger partial charge on any atom is 0.129 e. The molecular formula is C12H17NOS. The number of benzene rings is 1. The Balaban J connectivity index is 2.05. The van der Waals surface area contributed by atoms with Crippen LogP contribution in [0.25, 0.3) is 0 Å². The van der Waals surface area contributed by atoms with E-state index >= 15 is 0 Å². The van der Waals surface area contributed by atoms with Gasteiger partial charge in [0.2, 0.25) is 0 Å². The summed E-state index contributed by atoms with van der Waals surface area (Å²) in [4.78, 5) is 0.957. The van der Waals surface area contributed by atoms with Gasteiger partial charge in [-0.3, -0.25) is 0 Å². The summed E-state index contributed by atoms with van der Waals surface area (Å²) in [7, 11) is 0. The summed E-state index contributed by atoms with van der Waals surface area (Å²) in [5.41, 5.74) is 1.23. The van der Waals surface area contributed by atoms with Gasteiger partial charge in [-0.05, 0) is 49.8 Å². The van der Waals surface area contributed by atoms with Crippen molar-refractivity contribution in [2.24, 2.45) is 0 Å².